The van der Waals surface area contributed by atoms with Gasteiger partial charge in [0.25, 0.3) is 0 Å². The average molecular weight is 323 g/mol. The van der Waals surface area contributed by atoms with Crippen molar-refractivity contribution in [3.63, 3.8) is 0 Å². The van der Waals surface area contributed by atoms with Crippen LogP contribution in [0.2, 0.25) is 0 Å². The van der Waals surface area contributed by atoms with E-state index in [1.54, 1.807) is 0 Å². The third-order valence-corrected chi connectivity index (χ3v) is 8.44. The number of Topliss-reactive ketones (excluding diaryl/α,β-unsaturated/α-hetero) is 1. The molecule has 6 atom stereocenters. The molecule has 122 valence electrons. The van der Waals surface area contributed by atoms with Crippen molar-refractivity contribution in [2.75, 3.05) is 0 Å². The predicted molar refractivity (Wildman–Crippen MR) is 87.5 cm³/mol. The molecule has 0 aromatic carbocycles. The quantitative estimate of drug-likeness (QED) is 0.715. The molecule has 3 fully saturated rings. The fourth-order valence-electron chi connectivity index (χ4n) is 6.62. The zero-order valence-corrected chi connectivity index (χ0v) is 14.5. The number of halogens is 1. The van der Waals surface area contributed by atoms with Crippen LogP contribution in [0.15, 0.2) is 10.6 Å². The van der Waals surface area contributed by atoms with Crippen LogP contribution in [0.3, 0.4) is 0 Å². The SMILES string of the molecule is C[C@]12CC[C@@H]3[C@H](CCC4=C(Cl)C(=O)CC[C@@]43C)[C@H]1CC[C@@H]2O. The van der Waals surface area contributed by atoms with Crippen molar-refractivity contribution in [2.24, 2.45) is 28.6 Å². The van der Waals surface area contributed by atoms with Gasteiger partial charge in [-0.05, 0) is 79.1 Å². The van der Waals surface area contributed by atoms with E-state index in [1.807, 2.05) is 0 Å². The Morgan fingerprint density at radius 1 is 1.05 bits per heavy atom. The average Bonchev–Trinajstić information content (AvgIpc) is 2.79. The Morgan fingerprint density at radius 2 is 1.82 bits per heavy atom. The molecule has 0 radical (unpaired) electrons. The van der Waals surface area contributed by atoms with E-state index in [4.69, 9.17) is 11.6 Å². The Balaban J connectivity index is 1.72. The Morgan fingerprint density at radius 3 is 2.59 bits per heavy atom. The monoisotopic (exact) mass is 322 g/mol. The van der Waals surface area contributed by atoms with Crippen LogP contribution in [-0.2, 0) is 4.79 Å². The first-order valence-corrected chi connectivity index (χ1v) is 9.36. The summed E-state index contributed by atoms with van der Waals surface area (Å²) in [6.07, 6.45) is 8.11. The maximum atomic E-state index is 12.0. The van der Waals surface area contributed by atoms with Crippen LogP contribution in [-0.4, -0.2) is 17.0 Å². The minimum absolute atomic E-state index is 0.111. The third-order valence-electron chi connectivity index (χ3n) is 8.00. The van der Waals surface area contributed by atoms with Gasteiger partial charge in [0.1, 0.15) is 0 Å². The summed E-state index contributed by atoms with van der Waals surface area (Å²) in [5, 5.41) is 11.0. The minimum Gasteiger partial charge on any atom is -0.393 e. The maximum Gasteiger partial charge on any atom is 0.174 e. The second-order valence-electron chi connectivity index (χ2n) is 8.69. The van der Waals surface area contributed by atoms with E-state index in [-0.39, 0.29) is 22.7 Å². The lowest BCUT2D eigenvalue weighted by Gasteiger charge is -2.57. The summed E-state index contributed by atoms with van der Waals surface area (Å²) in [4.78, 5) is 12.0. The molecule has 0 unspecified atom stereocenters. The first-order valence-electron chi connectivity index (χ1n) is 8.98. The van der Waals surface area contributed by atoms with Crippen LogP contribution in [0.1, 0.15) is 65.2 Å². The number of hydrogen-bond acceptors (Lipinski definition) is 2. The molecule has 0 heterocycles. The molecular formula is C19H27ClO2. The van der Waals surface area contributed by atoms with Gasteiger partial charge in [-0.2, -0.15) is 0 Å². The second-order valence-corrected chi connectivity index (χ2v) is 9.06. The second kappa shape index (κ2) is 4.83. The van der Waals surface area contributed by atoms with Gasteiger partial charge in [-0.15, -0.1) is 0 Å². The normalized spacial score (nSPS) is 51.4. The highest BCUT2D eigenvalue weighted by Crippen LogP contribution is 2.65. The first kappa shape index (κ1) is 15.2. The molecular weight excluding hydrogens is 296 g/mol. The van der Waals surface area contributed by atoms with Gasteiger partial charge >= 0.3 is 0 Å². The minimum atomic E-state index is -0.111. The molecule has 0 spiro atoms. The summed E-state index contributed by atoms with van der Waals surface area (Å²) in [5.41, 5.74) is 1.52. The number of aliphatic hydroxyl groups is 1. The first-order chi connectivity index (χ1) is 10.4. The van der Waals surface area contributed by atoms with Crippen LogP contribution < -0.4 is 0 Å². The number of aliphatic hydroxyl groups excluding tert-OH is 1. The van der Waals surface area contributed by atoms with Crippen molar-refractivity contribution in [1.29, 1.82) is 0 Å². The van der Waals surface area contributed by atoms with Crippen molar-refractivity contribution in [3.8, 4) is 0 Å². The molecule has 3 heteroatoms. The molecule has 3 saturated carbocycles. The van der Waals surface area contributed by atoms with Crippen LogP contribution in [0.4, 0.5) is 0 Å². The van der Waals surface area contributed by atoms with Crippen molar-refractivity contribution in [2.45, 2.75) is 71.3 Å². The highest BCUT2D eigenvalue weighted by molar-refractivity contribution is 6.43. The Kier molecular flexibility index (Phi) is 3.34. The Bertz CT molecular complexity index is 554. The van der Waals surface area contributed by atoms with Gasteiger partial charge < -0.3 is 5.11 Å². The molecule has 0 aliphatic heterocycles. The van der Waals surface area contributed by atoms with Gasteiger partial charge in [0, 0.05) is 6.42 Å². The maximum absolute atomic E-state index is 12.0. The Hall–Kier alpha value is -0.340. The van der Waals surface area contributed by atoms with E-state index in [0.717, 1.165) is 32.1 Å². The summed E-state index contributed by atoms with van der Waals surface area (Å²) in [7, 11) is 0. The van der Waals surface area contributed by atoms with Gasteiger partial charge in [-0.25, -0.2) is 0 Å². The summed E-state index contributed by atoms with van der Waals surface area (Å²) < 4.78 is 0. The van der Waals surface area contributed by atoms with E-state index in [2.05, 4.69) is 13.8 Å². The molecule has 4 aliphatic rings. The van der Waals surface area contributed by atoms with Crippen LogP contribution >= 0.6 is 11.6 Å². The number of rotatable bonds is 0. The number of carbonyl (C=O) groups excluding carboxylic acids is 1. The zero-order chi connectivity index (χ0) is 15.7. The standard InChI is InChI=1S/C19H27ClO2/c1-18-10-8-15(21)17(20)14(18)4-3-11-12-5-6-16(22)19(12,2)9-7-13(11)18/h11-13,16,22H,3-10H2,1-2H3/t11-,12-,13-,16+,18-,19+/m1/s1. The number of ketones is 1. The number of allylic oxidation sites excluding steroid dienone is 1. The summed E-state index contributed by atoms with van der Waals surface area (Å²) in [5.74, 6) is 2.18. The van der Waals surface area contributed by atoms with E-state index in [0.29, 0.717) is 29.2 Å². The third kappa shape index (κ3) is 1.80. The molecule has 2 nitrogen and oxygen atoms in total. The molecule has 0 aromatic heterocycles. The number of hydrogen-bond donors (Lipinski definition) is 1. The molecule has 4 rings (SSSR count). The van der Waals surface area contributed by atoms with Gasteiger partial charge in [0.15, 0.2) is 5.78 Å². The fourth-order valence-corrected chi connectivity index (χ4v) is 7.03. The lowest BCUT2D eigenvalue weighted by Crippen LogP contribution is -2.51. The van der Waals surface area contributed by atoms with E-state index < -0.39 is 0 Å². The smallest absolute Gasteiger partial charge is 0.174 e. The molecule has 1 N–H and O–H groups in total. The number of fused-ring (bicyclic) bond motifs is 5. The molecule has 0 bridgehead atoms. The van der Waals surface area contributed by atoms with Crippen LogP contribution in [0.5, 0.6) is 0 Å². The lowest BCUT2D eigenvalue weighted by molar-refractivity contribution is -0.118. The largest absolute Gasteiger partial charge is 0.393 e. The van der Waals surface area contributed by atoms with Crippen molar-refractivity contribution >= 4 is 17.4 Å². The fraction of sp³-hybridized carbons (Fsp3) is 0.842. The molecule has 4 aliphatic carbocycles. The predicted octanol–water partition coefficient (Wildman–Crippen LogP) is 4.45. The van der Waals surface area contributed by atoms with Gasteiger partial charge in [0.2, 0.25) is 0 Å². The molecule has 0 aromatic rings. The zero-order valence-electron chi connectivity index (χ0n) is 13.7. The number of carbonyl (C=O) groups is 1. The van der Waals surface area contributed by atoms with E-state index in [9.17, 15) is 9.90 Å². The lowest BCUT2D eigenvalue weighted by atomic mass is 9.47. The van der Waals surface area contributed by atoms with Crippen LogP contribution in [0, 0.1) is 28.6 Å². The molecule has 0 saturated heterocycles. The summed E-state index contributed by atoms with van der Waals surface area (Å²) in [6, 6.07) is 0. The topological polar surface area (TPSA) is 37.3 Å². The van der Waals surface area contributed by atoms with Crippen molar-refractivity contribution in [3.05, 3.63) is 10.6 Å². The molecule has 22 heavy (non-hydrogen) atoms. The summed E-state index contributed by atoms with van der Waals surface area (Å²) in [6.45, 7) is 4.68. The highest BCUT2D eigenvalue weighted by atomic mass is 35.5. The van der Waals surface area contributed by atoms with E-state index in [1.165, 1.54) is 18.4 Å². The summed E-state index contributed by atoms with van der Waals surface area (Å²) >= 11 is 6.41. The van der Waals surface area contributed by atoms with Gasteiger partial charge in [-0.3, -0.25) is 4.79 Å². The van der Waals surface area contributed by atoms with Gasteiger partial charge in [0.05, 0.1) is 11.1 Å². The van der Waals surface area contributed by atoms with Crippen LogP contribution in [0.25, 0.3) is 0 Å². The van der Waals surface area contributed by atoms with Crippen molar-refractivity contribution in [1.82, 2.24) is 0 Å². The molecule has 0 amide bonds. The van der Waals surface area contributed by atoms with Crippen molar-refractivity contribution < 1.29 is 9.90 Å². The van der Waals surface area contributed by atoms with E-state index >= 15 is 0 Å². The Labute approximate surface area is 138 Å². The highest BCUT2D eigenvalue weighted by Gasteiger charge is 2.59. The van der Waals surface area contributed by atoms with Gasteiger partial charge in [-0.1, -0.05) is 25.4 Å².